The second kappa shape index (κ2) is 5.67. The average molecular weight is 247 g/mol. The van der Waals surface area contributed by atoms with Crippen LogP contribution in [0.25, 0.3) is 0 Å². The number of fused-ring (bicyclic) bond motifs is 1. The Morgan fingerprint density at radius 1 is 1.44 bits per heavy atom. The fourth-order valence-corrected chi connectivity index (χ4v) is 2.20. The zero-order chi connectivity index (χ0) is 13.0. The molecule has 0 fully saturated rings. The fraction of sp³-hybridized carbons (Fsp3) is 0.429. The highest BCUT2D eigenvalue weighted by atomic mass is 16.5. The zero-order valence-electron chi connectivity index (χ0n) is 10.4. The Hall–Kier alpha value is -1.84. The van der Waals surface area contributed by atoms with Crippen molar-refractivity contribution in [3.8, 4) is 0 Å². The van der Waals surface area contributed by atoms with E-state index in [0.717, 1.165) is 5.56 Å². The topological polar surface area (TPSA) is 55.4 Å². The quantitative estimate of drug-likeness (QED) is 0.806. The van der Waals surface area contributed by atoms with Crippen LogP contribution in [0.3, 0.4) is 0 Å². The van der Waals surface area contributed by atoms with E-state index < -0.39 is 0 Å². The van der Waals surface area contributed by atoms with Gasteiger partial charge >= 0.3 is 5.97 Å². The number of nitrogens with one attached hydrogen (secondary N) is 1. The zero-order valence-corrected chi connectivity index (χ0v) is 10.4. The van der Waals surface area contributed by atoms with Crippen molar-refractivity contribution < 1.29 is 14.3 Å². The van der Waals surface area contributed by atoms with Crippen LogP contribution in [0.4, 0.5) is 0 Å². The second-order valence-electron chi connectivity index (χ2n) is 4.35. The third-order valence-electron chi connectivity index (χ3n) is 3.13. The largest absolute Gasteiger partial charge is 0.466 e. The molecule has 1 atom stereocenters. The number of esters is 1. The summed E-state index contributed by atoms with van der Waals surface area (Å²) in [7, 11) is 0. The summed E-state index contributed by atoms with van der Waals surface area (Å²) < 4.78 is 5.07. The Kier molecular flexibility index (Phi) is 3.97. The van der Waals surface area contributed by atoms with Gasteiger partial charge in [0.05, 0.1) is 12.5 Å². The summed E-state index contributed by atoms with van der Waals surface area (Å²) in [5.41, 5.74) is 1.57. The summed E-state index contributed by atoms with van der Waals surface area (Å²) in [4.78, 5) is 23.7. The van der Waals surface area contributed by atoms with E-state index >= 15 is 0 Å². The highest BCUT2D eigenvalue weighted by Gasteiger charge is 2.25. The molecule has 0 bridgehead atoms. The van der Waals surface area contributed by atoms with Crippen LogP contribution in [-0.4, -0.2) is 25.0 Å². The average Bonchev–Trinajstić information content (AvgIpc) is 2.36. The molecule has 0 aromatic heterocycles. The van der Waals surface area contributed by atoms with Crippen molar-refractivity contribution in [1.29, 1.82) is 0 Å². The van der Waals surface area contributed by atoms with E-state index in [0.29, 0.717) is 31.6 Å². The molecule has 1 aliphatic heterocycles. The molecule has 2 rings (SSSR count). The Bertz CT molecular complexity index is 456. The molecule has 18 heavy (non-hydrogen) atoms. The lowest BCUT2D eigenvalue weighted by atomic mass is 9.91. The van der Waals surface area contributed by atoms with Gasteiger partial charge in [-0.15, -0.1) is 0 Å². The molecule has 1 amide bonds. The van der Waals surface area contributed by atoms with Crippen LogP contribution in [0.5, 0.6) is 0 Å². The minimum absolute atomic E-state index is 0.0621. The van der Waals surface area contributed by atoms with Crippen LogP contribution in [0.2, 0.25) is 0 Å². The van der Waals surface area contributed by atoms with Crippen molar-refractivity contribution in [3.05, 3.63) is 35.4 Å². The smallest absolute Gasteiger partial charge is 0.309 e. The standard InChI is InChI=1S/C14H17NO3/c1-2-18-14(17)11-7-8-15-13(16)12-6-4-3-5-10(12)9-11/h3-6,11H,2,7-9H2,1H3,(H,15,16). The van der Waals surface area contributed by atoms with E-state index in [-0.39, 0.29) is 17.8 Å². The molecule has 0 saturated heterocycles. The van der Waals surface area contributed by atoms with Gasteiger partial charge in [-0.1, -0.05) is 18.2 Å². The highest BCUT2D eigenvalue weighted by molar-refractivity contribution is 5.96. The molecule has 1 unspecified atom stereocenters. The molecule has 96 valence electrons. The van der Waals surface area contributed by atoms with E-state index in [1.807, 2.05) is 18.2 Å². The molecule has 1 aliphatic rings. The summed E-state index contributed by atoms with van der Waals surface area (Å²) in [6.07, 6.45) is 1.20. The van der Waals surface area contributed by atoms with Crippen LogP contribution >= 0.6 is 0 Å². The first-order valence-corrected chi connectivity index (χ1v) is 6.25. The first-order valence-electron chi connectivity index (χ1n) is 6.25. The maximum absolute atomic E-state index is 11.8. The molecule has 1 N–H and O–H groups in total. The van der Waals surface area contributed by atoms with E-state index in [4.69, 9.17) is 4.74 Å². The summed E-state index contributed by atoms with van der Waals surface area (Å²) in [6.45, 7) is 2.70. The number of benzene rings is 1. The van der Waals surface area contributed by atoms with Crippen LogP contribution in [0.15, 0.2) is 24.3 Å². The molecule has 0 aliphatic carbocycles. The maximum Gasteiger partial charge on any atom is 0.309 e. The van der Waals surface area contributed by atoms with Gasteiger partial charge < -0.3 is 10.1 Å². The lowest BCUT2D eigenvalue weighted by molar-refractivity contribution is -0.148. The normalized spacial score (nSPS) is 19.2. The summed E-state index contributed by atoms with van der Waals surface area (Å²) in [6, 6.07) is 7.40. The molecule has 4 heteroatoms. The van der Waals surface area contributed by atoms with Crippen molar-refractivity contribution >= 4 is 11.9 Å². The highest BCUT2D eigenvalue weighted by Crippen LogP contribution is 2.19. The van der Waals surface area contributed by atoms with Gasteiger partial charge in [0.25, 0.3) is 5.91 Å². The number of rotatable bonds is 2. The second-order valence-corrected chi connectivity index (χ2v) is 4.35. The van der Waals surface area contributed by atoms with Crippen molar-refractivity contribution in [3.63, 3.8) is 0 Å². The molecule has 4 nitrogen and oxygen atoms in total. The van der Waals surface area contributed by atoms with Crippen LogP contribution in [0.1, 0.15) is 29.3 Å². The Labute approximate surface area is 106 Å². The molecule has 0 spiro atoms. The third kappa shape index (κ3) is 2.70. The number of carbonyl (C=O) groups excluding carboxylic acids is 2. The van der Waals surface area contributed by atoms with Gasteiger partial charge in [-0.3, -0.25) is 9.59 Å². The van der Waals surface area contributed by atoms with Crippen molar-refractivity contribution in [2.24, 2.45) is 5.92 Å². The lowest BCUT2D eigenvalue weighted by Gasteiger charge is -2.20. The van der Waals surface area contributed by atoms with Crippen molar-refractivity contribution in [2.45, 2.75) is 19.8 Å². The van der Waals surface area contributed by atoms with E-state index in [2.05, 4.69) is 5.32 Å². The maximum atomic E-state index is 11.8. The monoisotopic (exact) mass is 247 g/mol. The first kappa shape index (κ1) is 12.6. The van der Waals surface area contributed by atoms with Crippen molar-refractivity contribution in [1.82, 2.24) is 5.32 Å². The van der Waals surface area contributed by atoms with Gasteiger partial charge in [0, 0.05) is 12.1 Å². The molecule has 0 radical (unpaired) electrons. The molecular formula is C14H17NO3. The van der Waals surface area contributed by atoms with Crippen molar-refractivity contribution in [2.75, 3.05) is 13.2 Å². The predicted molar refractivity (Wildman–Crippen MR) is 67.2 cm³/mol. The number of ether oxygens (including phenoxy) is 1. The predicted octanol–water partition coefficient (Wildman–Crippen LogP) is 1.54. The van der Waals surface area contributed by atoms with Gasteiger partial charge in [0.2, 0.25) is 0 Å². The Morgan fingerprint density at radius 3 is 3.00 bits per heavy atom. The lowest BCUT2D eigenvalue weighted by Crippen LogP contribution is -2.33. The van der Waals surface area contributed by atoms with Crippen LogP contribution in [0, 0.1) is 5.92 Å². The van der Waals surface area contributed by atoms with Gasteiger partial charge in [-0.05, 0) is 31.4 Å². The molecule has 1 aromatic carbocycles. The van der Waals surface area contributed by atoms with E-state index in [1.165, 1.54) is 0 Å². The summed E-state index contributed by atoms with van der Waals surface area (Å²) in [5.74, 6) is -0.414. The first-order chi connectivity index (χ1) is 8.72. The van der Waals surface area contributed by atoms with Gasteiger partial charge in [-0.2, -0.15) is 0 Å². The van der Waals surface area contributed by atoms with Gasteiger partial charge in [-0.25, -0.2) is 0 Å². The third-order valence-corrected chi connectivity index (χ3v) is 3.13. The minimum Gasteiger partial charge on any atom is -0.466 e. The number of hydrogen-bond donors (Lipinski definition) is 1. The van der Waals surface area contributed by atoms with Gasteiger partial charge in [0.15, 0.2) is 0 Å². The number of hydrogen-bond acceptors (Lipinski definition) is 3. The Balaban J connectivity index is 2.24. The molecule has 1 heterocycles. The number of carbonyl (C=O) groups is 2. The van der Waals surface area contributed by atoms with E-state index in [9.17, 15) is 9.59 Å². The molecule has 1 aromatic rings. The minimum atomic E-state index is -0.177. The van der Waals surface area contributed by atoms with Crippen LogP contribution in [-0.2, 0) is 16.0 Å². The van der Waals surface area contributed by atoms with Crippen LogP contribution < -0.4 is 5.32 Å². The summed E-state index contributed by atoms with van der Waals surface area (Å²) >= 11 is 0. The SMILES string of the molecule is CCOC(=O)C1CCNC(=O)c2ccccc2C1. The number of amides is 1. The molecule has 0 saturated carbocycles. The Morgan fingerprint density at radius 2 is 2.22 bits per heavy atom. The van der Waals surface area contributed by atoms with Gasteiger partial charge in [0.1, 0.15) is 0 Å². The van der Waals surface area contributed by atoms with E-state index in [1.54, 1.807) is 13.0 Å². The molecular weight excluding hydrogens is 230 g/mol. The fourth-order valence-electron chi connectivity index (χ4n) is 2.20. The summed E-state index contributed by atoms with van der Waals surface area (Å²) in [5, 5.41) is 2.82.